The molecule has 0 aliphatic carbocycles. The molecule has 1 atom stereocenters. The van der Waals surface area contributed by atoms with Crippen LogP contribution >= 0.6 is 34.2 Å². The molecule has 108 valence electrons. The zero-order valence-electron chi connectivity index (χ0n) is 11.9. The van der Waals surface area contributed by atoms with Crippen LogP contribution in [-0.4, -0.2) is 16.8 Å². The summed E-state index contributed by atoms with van der Waals surface area (Å²) in [5, 5.41) is 8.75. The van der Waals surface area contributed by atoms with Crippen LogP contribution in [0.25, 0.3) is 0 Å². The monoisotopic (exact) mass is 403 g/mol. The first kappa shape index (κ1) is 15.8. The van der Waals surface area contributed by atoms with Gasteiger partial charge in [-0.25, -0.2) is 0 Å². The molecule has 0 bridgehead atoms. The van der Waals surface area contributed by atoms with Gasteiger partial charge in [-0.2, -0.15) is 5.10 Å². The fraction of sp³-hybridized carbons (Fsp3) is 0.400. The van der Waals surface area contributed by atoms with Crippen molar-refractivity contribution in [2.75, 3.05) is 7.05 Å². The van der Waals surface area contributed by atoms with E-state index in [4.69, 9.17) is 11.6 Å². The molecule has 1 aromatic carbocycles. The van der Waals surface area contributed by atoms with E-state index in [1.165, 1.54) is 5.56 Å². The molecular weight excluding hydrogens is 385 g/mol. The maximum atomic E-state index is 6.21. The second-order valence-electron chi connectivity index (χ2n) is 5.10. The van der Waals surface area contributed by atoms with E-state index in [0.29, 0.717) is 6.04 Å². The minimum atomic E-state index is 0.222. The second-order valence-corrected chi connectivity index (χ2v) is 6.67. The molecular formula is C15H19ClIN3. The first-order chi connectivity index (χ1) is 9.51. The molecule has 3 nitrogen and oxygen atoms in total. The summed E-state index contributed by atoms with van der Waals surface area (Å²) in [5.41, 5.74) is 2.28. The first-order valence-electron chi connectivity index (χ1n) is 6.67. The summed E-state index contributed by atoms with van der Waals surface area (Å²) >= 11 is 8.45. The lowest BCUT2D eigenvalue weighted by molar-refractivity contribution is 0.515. The lowest BCUT2D eigenvalue weighted by Crippen LogP contribution is -2.19. The molecule has 0 saturated carbocycles. The van der Waals surface area contributed by atoms with Crippen molar-refractivity contribution in [1.29, 1.82) is 0 Å². The fourth-order valence-corrected chi connectivity index (χ4v) is 2.62. The number of halogens is 2. The fourth-order valence-electron chi connectivity index (χ4n) is 2.10. The molecule has 2 aromatic rings. The number of hydrogen-bond donors (Lipinski definition) is 1. The molecule has 0 spiro atoms. The third-order valence-electron chi connectivity index (χ3n) is 3.30. The molecule has 0 aliphatic rings. The molecule has 1 unspecified atom stereocenters. The van der Waals surface area contributed by atoms with Gasteiger partial charge in [0.1, 0.15) is 0 Å². The van der Waals surface area contributed by atoms with E-state index < -0.39 is 0 Å². The molecule has 5 heteroatoms. The maximum absolute atomic E-state index is 6.21. The summed E-state index contributed by atoms with van der Waals surface area (Å²) < 4.78 is 3.06. The molecule has 1 aromatic heterocycles. The standard InChI is InChI=1S/C15H19ClIN3/c1-10(2)20-7-6-12(19-20)9-15(18-3)11-4-5-14(17)13(16)8-11/h4-8,10,15,18H,9H2,1-3H3. The third kappa shape index (κ3) is 3.74. The molecule has 20 heavy (non-hydrogen) atoms. The average molecular weight is 404 g/mol. The second kappa shape index (κ2) is 6.91. The quantitative estimate of drug-likeness (QED) is 0.757. The van der Waals surface area contributed by atoms with Crippen LogP contribution in [0.1, 0.15) is 37.2 Å². The van der Waals surface area contributed by atoms with E-state index in [2.05, 4.69) is 65.1 Å². The molecule has 2 rings (SSSR count). The van der Waals surface area contributed by atoms with Crippen molar-refractivity contribution in [3.05, 3.63) is 50.3 Å². The Morgan fingerprint density at radius 1 is 1.35 bits per heavy atom. The molecule has 0 fully saturated rings. The van der Waals surface area contributed by atoms with Gasteiger partial charge in [0.15, 0.2) is 0 Å². The SMILES string of the molecule is CNC(Cc1ccn(C(C)C)n1)c1ccc(I)c(Cl)c1. The number of hydrogen-bond acceptors (Lipinski definition) is 2. The van der Waals surface area contributed by atoms with Gasteiger partial charge in [0.2, 0.25) is 0 Å². The van der Waals surface area contributed by atoms with Crippen LogP contribution in [0.4, 0.5) is 0 Å². The van der Waals surface area contributed by atoms with Gasteiger partial charge in [0, 0.05) is 28.3 Å². The van der Waals surface area contributed by atoms with Crippen molar-refractivity contribution < 1.29 is 0 Å². The Bertz CT molecular complexity index is 580. The molecule has 0 radical (unpaired) electrons. The highest BCUT2D eigenvalue weighted by Gasteiger charge is 2.13. The van der Waals surface area contributed by atoms with Crippen LogP contribution in [0, 0.1) is 3.57 Å². The van der Waals surface area contributed by atoms with E-state index in [9.17, 15) is 0 Å². The Balaban J connectivity index is 2.17. The number of nitrogens with zero attached hydrogens (tertiary/aromatic N) is 2. The van der Waals surface area contributed by atoms with Gasteiger partial charge in [-0.3, -0.25) is 4.68 Å². The zero-order valence-corrected chi connectivity index (χ0v) is 14.8. The van der Waals surface area contributed by atoms with Crippen LogP contribution in [0.15, 0.2) is 30.5 Å². The van der Waals surface area contributed by atoms with Gasteiger partial charge < -0.3 is 5.32 Å². The maximum Gasteiger partial charge on any atom is 0.0643 e. The third-order valence-corrected chi connectivity index (χ3v) is 4.87. The van der Waals surface area contributed by atoms with Gasteiger partial charge in [0.05, 0.1) is 10.7 Å². The van der Waals surface area contributed by atoms with Crippen LogP contribution < -0.4 is 5.32 Å². The summed E-state index contributed by atoms with van der Waals surface area (Å²) in [6.07, 6.45) is 2.89. The number of likely N-dealkylation sites (N-methyl/N-ethyl adjacent to an activating group) is 1. The Hall–Kier alpha value is -0.590. The molecule has 0 saturated heterocycles. The highest BCUT2D eigenvalue weighted by molar-refractivity contribution is 14.1. The van der Waals surface area contributed by atoms with Crippen molar-refractivity contribution in [3.8, 4) is 0 Å². The van der Waals surface area contributed by atoms with Crippen LogP contribution in [0.3, 0.4) is 0 Å². The number of rotatable bonds is 5. The molecule has 0 amide bonds. The van der Waals surface area contributed by atoms with E-state index >= 15 is 0 Å². The van der Waals surface area contributed by atoms with Gasteiger partial charge in [0.25, 0.3) is 0 Å². The van der Waals surface area contributed by atoms with E-state index in [0.717, 1.165) is 20.7 Å². The van der Waals surface area contributed by atoms with Crippen molar-refractivity contribution in [2.45, 2.75) is 32.4 Å². The normalized spacial score (nSPS) is 12.9. The van der Waals surface area contributed by atoms with Crippen LogP contribution in [0.2, 0.25) is 5.02 Å². The van der Waals surface area contributed by atoms with Crippen molar-refractivity contribution in [3.63, 3.8) is 0 Å². The first-order valence-corrected chi connectivity index (χ1v) is 8.13. The van der Waals surface area contributed by atoms with E-state index in [-0.39, 0.29) is 6.04 Å². The minimum absolute atomic E-state index is 0.222. The van der Waals surface area contributed by atoms with Crippen molar-refractivity contribution >= 4 is 34.2 Å². The summed E-state index contributed by atoms with van der Waals surface area (Å²) in [6, 6.07) is 8.90. The smallest absolute Gasteiger partial charge is 0.0643 e. The number of nitrogens with one attached hydrogen (secondary N) is 1. The highest BCUT2D eigenvalue weighted by Crippen LogP contribution is 2.25. The zero-order chi connectivity index (χ0) is 14.7. The summed E-state index contributed by atoms with van der Waals surface area (Å²) in [7, 11) is 1.97. The Kier molecular flexibility index (Phi) is 5.46. The van der Waals surface area contributed by atoms with Crippen molar-refractivity contribution in [1.82, 2.24) is 15.1 Å². The Morgan fingerprint density at radius 3 is 2.65 bits per heavy atom. The van der Waals surface area contributed by atoms with Gasteiger partial charge in [-0.15, -0.1) is 0 Å². The highest BCUT2D eigenvalue weighted by atomic mass is 127. The van der Waals surface area contributed by atoms with Gasteiger partial charge in [-0.1, -0.05) is 17.7 Å². The summed E-state index contributed by atoms with van der Waals surface area (Å²) in [6.45, 7) is 4.26. The summed E-state index contributed by atoms with van der Waals surface area (Å²) in [5.74, 6) is 0. The topological polar surface area (TPSA) is 29.9 Å². The Morgan fingerprint density at radius 2 is 2.10 bits per heavy atom. The van der Waals surface area contributed by atoms with Crippen molar-refractivity contribution in [2.24, 2.45) is 0 Å². The molecule has 1 N–H and O–H groups in total. The van der Waals surface area contributed by atoms with Gasteiger partial charge >= 0.3 is 0 Å². The van der Waals surface area contributed by atoms with Gasteiger partial charge in [-0.05, 0) is 67.2 Å². The predicted octanol–water partition coefficient (Wildman–Crippen LogP) is 4.23. The average Bonchev–Trinajstić information content (AvgIpc) is 2.88. The largest absolute Gasteiger partial charge is 0.313 e. The number of benzene rings is 1. The van der Waals surface area contributed by atoms with E-state index in [1.807, 2.05) is 24.0 Å². The van der Waals surface area contributed by atoms with Crippen LogP contribution in [0.5, 0.6) is 0 Å². The summed E-state index contributed by atoms with van der Waals surface area (Å²) in [4.78, 5) is 0. The molecule has 0 aliphatic heterocycles. The lowest BCUT2D eigenvalue weighted by Gasteiger charge is -2.16. The van der Waals surface area contributed by atoms with E-state index in [1.54, 1.807) is 0 Å². The predicted molar refractivity (Wildman–Crippen MR) is 92.3 cm³/mol. The molecule has 1 heterocycles. The lowest BCUT2D eigenvalue weighted by atomic mass is 10.0. The number of aromatic nitrogens is 2. The Labute approximate surface area is 138 Å². The minimum Gasteiger partial charge on any atom is -0.313 e. The van der Waals surface area contributed by atoms with Crippen LogP contribution in [-0.2, 0) is 6.42 Å².